The molecule has 1 aromatic heterocycles. The molecule has 0 aliphatic rings. The van der Waals surface area contributed by atoms with Gasteiger partial charge in [0.15, 0.2) is 5.82 Å². The van der Waals surface area contributed by atoms with Crippen molar-refractivity contribution in [2.24, 2.45) is 0 Å². The molecule has 0 atom stereocenters. The number of nitrogens with zero attached hydrogens (tertiary/aromatic N) is 3. The fraction of sp³-hybridized carbons (Fsp3) is 0.294. The maximum Gasteiger partial charge on any atom is 0.407 e. The summed E-state index contributed by atoms with van der Waals surface area (Å²) in [7, 11) is 5.01. The van der Waals surface area contributed by atoms with Gasteiger partial charge in [0.05, 0.1) is 13.3 Å². The van der Waals surface area contributed by atoms with Crippen LogP contribution < -0.4 is 20.3 Å². The van der Waals surface area contributed by atoms with Crippen LogP contribution in [0.3, 0.4) is 0 Å². The molecule has 0 saturated carbocycles. The Balaban J connectivity index is 1.84. The molecular formula is C17H21N5O4. The van der Waals surface area contributed by atoms with Gasteiger partial charge in [0.2, 0.25) is 5.91 Å². The summed E-state index contributed by atoms with van der Waals surface area (Å²) in [6.07, 6.45) is 0.759. The highest BCUT2D eigenvalue weighted by Gasteiger charge is 2.13. The Bertz CT molecular complexity index is 752. The van der Waals surface area contributed by atoms with Gasteiger partial charge in [-0.3, -0.25) is 4.79 Å². The topological polar surface area (TPSA) is 106 Å². The minimum atomic E-state index is -0.678. The molecule has 9 nitrogen and oxygen atoms in total. The van der Waals surface area contributed by atoms with Crippen molar-refractivity contribution in [1.29, 1.82) is 0 Å². The van der Waals surface area contributed by atoms with E-state index in [0.717, 1.165) is 5.56 Å². The van der Waals surface area contributed by atoms with E-state index >= 15 is 0 Å². The lowest BCUT2D eigenvalue weighted by Gasteiger charge is -2.16. The van der Waals surface area contributed by atoms with Gasteiger partial charge in [-0.05, 0) is 5.56 Å². The second-order valence-corrected chi connectivity index (χ2v) is 5.45. The molecule has 2 N–H and O–H groups in total. The predicted molar refractivity (Wildman–Crippen MR) is 96.2 cm³/mol. The number of hydrogen-bond acceptors (Lipinski definition) is 7. The molecule has 1 aromatic carbocycles. The van der Waals surface area contributed by atoms with Crippen LogP contribution in [-0.4, -0.2) is 49.7 Å². The number of nitrogens with one attached hydrogen (secondary N) is 2. The van der Waals surface area contributed by atoms with E-state index in [-0.39, 0.29) is 19.2 Å². The minimum Gasteiger partial charge on any atom is -0.467 e. The van der Waals surface area contributed by atoms with Crippen molar-refractivity contribution >= 4 is 23.5 Å². The first-order valence-corrected chi connectivity index (χ1v) is 7.82. The van der Waals surface area contributed by atoms with E-state index in [0.29, 0.717) is 11.5 Å². The van der Waals surface area contributed by atoms with Gasteiger partial charge in [-0.15, -0.1) is 0 Å². The molecule has 2 amide bonds. The Morgan fingerprint density at radius 2 is 1.92 bits per heavy atom. The molecule has 9 heteroatoms. The molecule has 2 rings (SSSR count). The minimum absolute atomic E-state index is 0.130. The Kier molecular flexibility index (Phi) is 6.72. The molecule has 2 aromatic rings. The lowest BCUT2D eigenvalue weighted by atomic mass is 10.2. The van der Waals surface area contributed by atoms with Gasteiger partial charge >= 0.3 is 12.1 Å². The van der Waals surface area contributed by atoms with Gasteiger partial charge in [0.1, 0.15) is 18.8 Å². The first-order valence-electron chi connectivity index (χ1n) is 7.82. The molecule has 0 radical (unpaired) electrons. The molecule has 138 valence electrons. The van der Waals surface area contributed by atoms with Gasteiger partial charge in [-0.1, -0.05) is 30.3 Å². The van der Waals surface area contributed by atoms with Crippen LogP contribution in [0.25, 0.3) is 0 Å². The average molecular weight is 359 g/mol. The summed E-state index contributed by atoms with van der Waals surface area (Å²) in [4.78, 5) is 33.5. The third-order valence-corrected chi connectivity index (χ3v) is 3.23. The third-order valence-electron chi connectivity index (χ3n) is 3.23. The number of aromatic nitrogens is 2. The number of hydrogen-bond donors (Lipinski definition) is 2. The van der Waals surface area contributed by atoms with Crippen molar-refractivity contribution in [3.05, 3.63) is 42.1 Å². The molecule has 0 unspecified atom stereocenters. The zero-order valence-corrected chi connectivity index (χ0v) is 14.9. The maximum absolute atomic E-state index is 12.0. The zero-order valence-electron chi connectivity index (χ0n) is 14.9. The number of carbonyl (C=O) groups is 2. The number of methoxy groups -OCH3 is 1. The Morgan fingerprint density at radius 3 is 2.58 bits per heavy atom. The van der Waals surface area contributed by atoms with Crippen LogP contribution in [0, 0.1) is 0 Å². The number of rotatable bonds is 7. The summed E-state index contributed by atoms with van der Waals surface area (Å²) >= 11 is 0. The van der Waals surface area contributed by atoms with Crippen molar-refractivity contribution in [2.45, 2.75) is 6.61 Å². The van der Waals surface area contributed by atoms with Gasteiger partial charge in [-0.25, -0.2) is 9.78 Å². The van der Waals surface area contributed by atoms with Crippen LogP contribution in [0.15, 0.2) is 36.5 Å². The first kappa shape index (κ1) is 19.0. The van der Waals surface area contributed by atoms with Crippen molar-refractivity contribution < 1.29 is 19.1 Å². The molecule has 0 fully saturated rings. The van der Waals surface area contributed by atoms with Crippen LogP contribution in [0.2, 0.25) is 0 Å². The molecule has 0 aliphatic carbocycles. The second kappa shape index (κ2) is 9.21. The highest BCUT2D eigenvalue weighted by atomic mass is 16.5. The fourth-order valence-electron chi connectivity index (χ4n) is 2.01. The average Bonchev–Trinajstić information content (AvgIpc) is 2.65. The maximum atomic E-state index is 12.0. The van der Waals surface area contributed by atoms with Crippen molar-refractivity contribution in [3.63, 3.8) is 0 Å². The molecule has 0 saturated heterocycles. The van der Waals surface area contributed by atoms with Gasteiger partial charge < -0.3 is 25.0 Å². The van der Waals surface area contributed by atoms with E-state index in [9.17, 15) is 9.59 Å². The summed E-state index contributed by atoms with van der Waals surface area (Å²) in [6, 6.07) is 9.44. The summed E-state index contributed by atoms with van der Waals surface area (Å²) in [5.74, 6) is 0.0513. The van der Waals surface area contributed by atoms with E-state index < -0.39 is 12.0 Å². The van der Waals surface area contributed by atoms with Crippen LogP contribution in [0.5, 0.6) is 6.01 Å². The largest absolute Gasteiger partial charge is 0.467 e. The van der Waals surface area contributed by atoms with Gasteiger partial charge in [0, 0.05) is 14.1 Å². The number of anilines is 2. The predicted octanol–water partition coefficient (Wildman–Crippen LogP) is 1.42. The fourth-order valence-corrected chi connectivity index (χ4v) is 2.01. The highest BCUT2D eigenvalue weighted by Crippen LogP contribution is 2.22. The number of alkyl carbamates (subject to hydrolysis) is 1. The number of amides is 2. The number of benzene rings is 1. The van der Waals surface area contributed by atoms with Crippen molar-refractivity contribution in [3.8, 4) is 6.01 Å². The van der Waals surface area contributed by atoms with E-state index in [4.69, 9.17) is 9.47 Å². The van der Waals surface area contributed by atoms with Crippen LogP contribution in [-0.2, 0) is 16.1 Å². The Morgan fingerprint density at radius 1 is 1.19 bits per heavy atom. The number of ether oxygens (including phenoxy) is 2. The SMILES string of the molecule is COc1ncc(NC(=O)CNC(=O)OCc2ccccc2)c(N(C)C)n1. The Hall–Kier alpha value is -3.36. The monoisotopic (exact) mass is 359 g/mol. The van der Waals surface area contributed by atoms with Crippen molar-refractivity contribution in [2.75, 3.05) is 38.0 Å². The van der Waals surface area contributed by atoms with Crippen LogP contribution in [0.1, 0.15) is 5.56 Å². The van der Waals surface area contributed by atoms with E-state index in [1.54, 1.807) is 19.0 Å². The van der Waals surface area contributed by atoms with Crippen LogP contribution >= 0.6 is 0 Å². The van der Waals surface area contributed by atoms with Crippen LogP contribution in [0.4, 0.5) is 16.3 Å². The van der Waals surface area contributed by atoms with Crippen molar-refractivity contribution in [1.82, 2.24) is 15.3 Å². The summed E-state index contributed by atoms with van der Waals surface area (Å²) in [5.41, 5.74) is 1.26. The van der Waals surface area contributed by atoms with Gasteiger partial charge in [0.25, 0.3) is 0 Å². The summed E-state index contributed by atoms with van der Waals surface area (Å²) in [6.45, 7) is -0.113. The molecule has 1 heterocycles. The molecule has 0 aliphatic heterocycles. The molecule has 0 bridgehead atoms. The smallest absolute Gasteiger partial charge is 0.407 e. The van der Waals surface area contributed by atoms with Gasteiger partial charge in [-0.2, -0.15) is 4.98 Å². The lowest BCUT2D eigenvalue weighted by Crippen LogP contribution is -2.33. The quantitative estimate of drug-likeness (QED) is 0.770. The molecule has 26 heavy (non-hydrogen) atoms. The third kappa shape index (κ3) is 5.62. The highest BCUT2D eigenvalue weighted by molar-refractivity contribution is 5.96. The number of carbonyl (C=O) groups excluding carboxylic acids is 2. The lowest BCUT2D eigenvalue weighted by molar-refractivity contribution is -0.115. The first-order chi connectivity index (χ1) is 12.5. The van der Waals surface area contributed by atoms with E-state index in [1.807, 2.05) is 30.3 Å². The zero-order chi connectivity index (χ0) is 18.9. The van der Waals surface area contributed by atoms with E-state index in [2.05, 4.69) is 20.6 Å². The standard InChI is InChI=1S/C17H21N5O4/c1-22(2)15-13(9-18-16(21-15)25-3)20-14(23)10-19-17(24)26-11-12-7-5-4-6-8-12/h4-9H,10-11H2,1-3H3,(H,19,24)(H,20,23). The second-order valence-electron chi connectivity index (χ2n) is 5.45. The van der Waals surface area contributed by atoms with E-state index in [1.165, 1.54) is 13.3 Å². The molecular weight excluding hydrogens is 338 g/mol. The normalized spacial score (nSPS) is 9.96. The summed E-state index contributed by atoms with van der Waals surface area (Å²) in [5, 5.41) is 5.03. The molecule has 0 spiro atoms. The Labute approximate surface area is 151 Å². The summed E-state index contributed by atoms with van der Waals surface area (Å²) < 4.78 is 10.0.